The molecular weight excluding hydrogens is 477 g/mol. The molecule has 1 N–H and O–H groups in total. The molecule has 2 aromatic heterocycles. The number of nitrogens with one attached hydrogen (secondary N) is 1. The molecule has 1 aromatic carbocycles. The average molecular weight is 500 g/mol. The number of ether oxygens (including phenoxy) is 1. The highest BCUT2D eigenvalue weighted by molar-refractivity contribution is 5.75. The standard InChI is InChI=1S/C25H23F3N4O4/c1-2-14(23(34)36-18-7-4-6-15(13-18)25(26,27)28)5-3-8-19-29-20-21(30-19)31(16-9-10-16)24(35)32(22(20)33)17-11-12-17/h4,6-7,13-14,16-17H,2,5,9-12H2,1H3,(H,29,30). The summed E-state index contributed by atoms with van der Waals surface area (Å²) in [6, 6.07) is 4.07. The SMILES string of the molecule is CCC(CC#Cc1nc2c([nH]1)c(=O)n(C1CC1)c(=O)n2C1CC1)C(=O)Oc1cccc(C(F)(F)F)c1. The topological polar surface area (TPSA) is 99.0 Å². The Bertz CT molecular complexity index is 1510. The molecule has 0 aliphatic heterocycles. The Morgan fingerprint density at radius 2 is 1.89 bits per heavy atom. The van der Waals surface area contributed by atoms with Gasteiger partial charge in [-0.2, -0.15) is 13.2 Å². The van der Waals surface area contributed by atoms with Crippen molar-refractivity contribution in [1.82, 2.24) is 19.1 Å². The van der Waals surface area contributed by atoms with Crippen molar-refractivity contribution in [2.24, 2.45) is 5.92 Å². The van der Waals surface area contributed by atoms with Crippen LogP contribution in [0.15, 0.2) is 33.9 Å². The second-order valence-electron chi connectivity index (χ2n) is 9.13. The van der Waals surface area contributed by atoms with Crippen LogP contribution in [0.4, 0.5) is 13.2 Å². The number of halogens is 3. The van der Waals surface area contributed by atoms with Gasteiger partial charge in [0, 0.05) is 18.5 Å². The zero-order valence-corrected chi connectivity index (χ0v) is 19.4. The summed E-state index contributed by atoms with van der Waals surface area (Å²) in [5, 5.41) is 0. The van der Waals surface area contributed by atoms with Gasteiger partial charge in [-0.05, 0) is 56.2 Å². The van der Waals surface area contributed by atoms with E-state index in [4.69, 9.17) is 4.74 Å². The molecule has 2 heterocycles. The van der Waals surface area contributed by atoms with Gasteiger partial charge in [0.1, 0.15) is 5.75 Å². The Hall–Kier alpha value is -3.81. The van der Waals surface area contributed by atoms with E-state index < -0.39 is 29.2 Å². The van der Waals surface area contributed by atoms with Crippen molar-refractivity contribution in [3.8, 4) is 17.6 Å². The lowest BCUT2D eigenvalue weighted by atomic mass is 10.0. The predicted molar refractivity (Wildman–Crippen MR) is 124 cm³/mol. The van der Waals surface area contributed by atoms with Gasteiger partial charge in [0.15, 0.2) is 17.0 Å². The van der Waals surface area contributed by atoms with E-state index in [1.165, 1.54) is 16.7 Å². The summed E-state index contributed by atoms with van der Waals surface area (Å²) in [7, 11) is 0. The first-order chi connectivity index (χ1) is 17.2. The van der Waals surface area contributed by atoms with Crippen molar-refractivity contribution < 1.29 is 22.7 Å². The predicted octanol–water partition coefficient (Wildman–Crippen LogP) is 3.95. The Balaban J connectivity index is 1.35. The summed E-state index contributed by atoms with van der Waals surface area (Å²) in [6.45, 7) is 1.75. The molecule has 8 nitrogen and oxygen atoms in total. The largest absolute Gasteiger partial charge is 0.426 e. The van der Waals surface area contributed by atoms with Gasteiger partial charge in [0.2, 0.25) is 0 Å². The van der Waals surface area contributed by atoms with Gasteiger partial charge in [0.25, 0.3) is 5.56 Å². The lowest BCUT2D eigenvalue weighted by Crippen LogP contribution is -2.39. The van der Waals surface area contributed by atoms with Crippen LogP contribution in [0.3, 0.4) is 0 Å². The Labute approximate surface area is 203 Å². The van der Waals surface area contributed by atoms with Crippen molar-refractivity contribution in [3.05, 3.63) is 56.5 Å². The monoisotopic (exact) mass is 500 g/mol. The van der Waals surface area contributed by atoms with E-state index in [1.54, 1.807) is 11.5 Å². The minimum absolute atomic E-state index is 0.0183. The average Bonchev–Trinajstić information content (AvgIpc) is 3.76. The molecule has 0 radical (unpaired) electrons. The summed E-state index contributed by atoms with van der Waals surface area (Å²) in [5.41, 5.74) is -1.15. The van der Waals surface area contributed by atoms with Gasteiger partial charge < -0.3 is 9.72 Å². The van der Waals surface area contributed by atoms with Crippen molar-refractivity contribution in [2.45, 2.75) is 63.7 Å². The van der Waals surface area contributed by atoms with Crippen LogP contribution in [0, 0.1) is 17.8 Å². The van der Waals surface area contributed by atoms with Crippen LogP contribution in [-0.2, 0) is 11.0 Å². The molecule has 1 unspecified atom stereocenters. The van der Waals surface area contributed by atoms with Crippen molar-refractivity contribution >= 4 is 17.1 Å². The van der Waals surface area contributed by atoms with Crippen molar-refractivity contribution in [2.75, 3.05) is 0 Å². The van der Waals surface area contributed by atoms with Crippen molar-refractivity contribution in [1.29, 1.82) is 0 Å². The second-order valence-corrected chi connectivity index (χ2v) is 9.13. The lowest BCUT2D eigenvalue weighted by molar-refractivity contribution is -0.141. The number of aromatic nitrogens is 4. The molecule has 2 fully saturated rings. The number of aromatic amines is 1. The normalized spacial score (nSPS) is 16.4. The highest BCUT2D eigenvalue weighted by Crippen LogP contribution is 2.37. The molecule has 0 spiro atoms. The number of carbonyl (C=O) groups excluding carboxylic acids is 1. The Morgan fingerprint density at radius 3 is 2.53 bits per heavy atom. The number of imidazole rings is 1. The highest BCUT2D eigenvalue weighted by atomic mass is 19.4. The highest BCUT2D eigenvalue weighted by Gasteiger charge is 2.34. The van der Waals surface area contributed by atoms with E-state index in [0.717, 1.165) is 37.8 Å². The van der Waals surface area contributed by atoms with Crippen LogP contribution in [0.2, 0.25) is 0 Å². The van der Waals surface area contributed by atoms with E-state index in [0.29, 0.717) is 6.42 Å². The van der Waals surface area contributed by atoms with Gasteiger partial charge in [-0.1, -0.05) is 18.9 Å². The zero-order chi connectivity index (χ0) is 25.6. The lowest BCUT2D eigenvalue weighted by Gasteiger charge is -2.12. The molecule has 2 aliphatic carbocycles. The number of hydrogen-bond acceptors (Lipinski definition) is 5. The Kier molecular flexibility index (Phi) is 5.98. The number of alkyl halides is 3. The number of nitrogens with zero attached hydrogens (tertiary/aromatic N) is 3. The van der Waals surface area contributed by atoms with Crippen LogP contribution in [-0.4, -0.2) is 25.1 Å². The number of benzene rings is 1. The van der Waals surface area contributed by atoms with Crippen molar-refractivity contribution in [3.63, 3.8) is 0 Å². The molecule has 2 saturated carbocycles. The van der Waals surface area contributed by atoms with E-state index in [9.17, 15) is 27.6 Å². The summed E-state index contributed by atoms with van der Waals surface area (Å²) >= 11 is 0. The molecule has 5 rings (SSSR count). The summed E-state index contributed by atoms with van der Waals surface area (Å²) in [6.07, 6.45) is -0.831. The van der Waals surface area contributed by atoms with Crippen LogP contribution in [0.25, 0.3) is 11.2 Å². The van der Waals surface area contributed by atoms with E-state index in [-0.39, 0.29) is 46.9 Å². The van der Waals surface area contributed by atoms with Gasteiger partial charge >= 0.3 is 17.8 Å². The molecule has 1 atom stereocenters. The minimum Gasteiger partial charge on any atom is -0.426 e. The van der Waals surface area contributed by atoms with Crippen LogP contribution >= 0.6 is 0 Å². The molecule has 0 saturated heterocycles. The molecule has 0 amide bonds. The van der Waals surface area contributed by atoms with Crippen LogP contribution in [0.1, 0.15) is 68.9 Å². The minimum atomic E-state index is -4.54. The molecule has 11 heteroatoms. The second kappa shape index (κ2) is 9.00. The zero-order valence-electron chi connectivity index (χ0n) is 19.4. The molecule has 2 aliphatic rings. The van der Waals surface area contributed by atoms with E-state index in [1.807, 2.05) is 0 Å². The fourth-order valence-electron chi connectivity index (χ4n) is 4.06. The smallest absolute Gasteiger partial charge is 0.416 e. The molecule has 3 aromatic rings. The summed E-state index contributed by atoms with van der Waals surface area (Å²) in [5.74, 6) is 4.30. The third-order valence-electron chi connectivity index (χ3n) is 6.34. The molecule has 188 valence electrons. The van der Waals surface area contributed by atoms with Crippen LogP contribution < -0.4 is 16.0 Å². The van der Waals surface area contributed by atoms with Crippen LogP contribution in [0.5, 0.6) is 5.75 Å². The van der Waals surface area contributed by atoms with Gasteiger partial charge in [-0.25, -0.2) is 9.78 Å². The number of fused-ring (bicyclic) bond motifs is 1. The maximum absolute atomic E-state index is 12.9. The molecular formula is C25H23F3N4O4. The number of rotatable bonds is 6. The fourth-order valence-corrected chi connectivity index (χ4v) is 4.06. The number of carbonyl (C=O) groups is 1. The first-order valence-corrected chi connectivity index (χ1v) is 11.8. The number of H-pyrrole nitrogens is 1. The maximum atomic E-state index is 12.9. The quantitative estimate of drug-likeness (QED) is 0.314. The number of esters is 1. The first-order valence-electron chi connectivity index (χ1n) is 11.8. The Morgan fingerprint density at radius 1 is 1.19 bits per heavy atom. The molecule has 36 heavy (non-hydrogen) atoms. The number of hydrogen-bond donors (Lipinski definition) is 1. The first kappa shape index (κ1) is 23.9. The van der Waals surface area contributed by atoms with E-state index >= 15 is 0 Å². The third-order valence-corrected chi connectivity index (χ3v) is 6.34. The van der Waals surface area contributed by atoms with Gasteiger partial charge in [-0.3, -0.25) is 18.7 Å². The third kappa shape index (κ3) is 4.67. The summed E-state index contributed by atoms with van der Waals surface area (Å²) in [4.78, 5) is 45.7. The fraction of sp³-hybridized carbons (Fsp3) is 0.440. The van der Waals surface area contributed by atoms with Gasteiger partial charge in [-0.15, -0.1) is 0 Å². The summed E-state index contributed by atoms with van der Waals surface area (Å²) < 4.78 is 46.8. The van der Waals surface area contributed by atoms with Gasteiger partial charge in [0.05, 0.1) is 11.5 Å². The van der Waals surface area contributed by atoms with E-state index in [2.05, 4.69) is 21.8 Å². The molecule has 0 bridgehead atoms. The maximum Gasteiger partial charge on any atom is 0.416 e.